The maximum atomic E-state index is 13.5. The van der Waals surface area contributed by atoms with Crippen molar-refractivity contribution in [1.82, 2.24) is 4.57 Å². The standard InChI is InChI=1S/C43H25NO2S/c45-43-42-31(30-13-5-7-18-38(30)46-43)14-8-15-33(42)32-16-9-19-40-41(32)35-25-27(21-23-39(35)47-40)26-20-22-37-34(24-26)29-12-4-6-17-36(29)44(37)28-10-2-1-3-11-28/h1-25H. The summed E-state index contributed by atoms with van der Waals surface area (Å²) < 4.78 is 10.6. The molecule has 10 rings (SSSR count). The first kappa shape index (κ1) is 26.3. The van der Waals surface area contributed by atoms with Crippen molar-refractivity contribution in [1.29, 1.82) is 0 Å². The van der Waals surface area contributed by atoms with Crippen LogP contribution in [0.4, 0.5) is 0 Å². The SMILES string of the molecule is O=c1oc2ccccc2c2cccc(-c3cccc4sc5ccc(-c6ccc7c(c6)c6ccccc6n7-c6ccccc6)cc5c34)c12. The van der Waals surface area contributed by atoms with E-state index in [2.05, 4.69) is 114 Å². The van der Waals surface area contributed by atoms with Crippen LogP contribution in [0.2, 0.25) is 0 Å². The molecule has 7 aromatic carbocycles. The number of nitrogens with zero attached hydrogens (tertiary/aromatic N) is 1. The predicted octanol–water partition coefficient (Wildman–Crippen LogP) is 11.7. The second-order valence-electron chi connectivity index (χ2n) is 12.0. The average Bonchev–Trinajstić information content (AvgIpc) is 3.67. The molecule has 220 valence electrons. The fraction of sp³-hybridized carbons (Fsp3) is 0. The number of aromatic nitrogens is 1. The van der Waals surface area contributed by atoms with E-state index in [1.54, 1.807) is 11.3 Å². The molecular formula is C43H25NO2S. The summed E-state index contributed by atoms with van der Waals surface area (Å²) in [4.78, 5) is 13.5. The van der Waals surface area contributed by atoms with E-state index < -0.39 is 0 Å². The Kier molecular flexibility index (Phi) is 5.60. The van der Waals surface area contributed by atoms with E-state index >= 15 is 0 Å². The highest BCUT2D eigenvalue weighted by Crippen LogP contribution is 2.44. The van der Waals surface area contributed by atoms with E-state index in [4.69, 9.17) is 4.42 Å². The van der Waals surface area contributed by atoms with Crippen LogP contribution < -0.4 is 5.63 Å². The lowest BCUT2D eigenvalue weighted by Crippen LogP contribution is -2.02. The maximum Gasteiger partial charge on any atom is 0.344 e. The smallest absolute Gasteiger partial charge is 0.344 e. The molecule has 0 aliphatic carbocycles. The molecule has 0 aliphatic heterocycles. The van der Waals surface area contributed by atoms with Crippen LogP contribution in [-0.4, -0.2) is 4.57 Å². The number of hydrogen-bond donors (Lipinski definition) is 0. The minimum atomic E-state index is -0.311. The number of para-hydroxylation sites is 3. The summed E-state index contributed by atoms with van der Waals surface area (Å²) in [6.45, 7) is 0. The maximum absolute atomic E-state index is 13.5. The molecule has 0 N–H and O–H groups in total. The second kappa shape index (κ2) is 10.0. The van der Waals surface area contributed by atoms with Gasteiger partial charge < -0.3 is 8.98 Å². The molecule has 0 atom stereocenters. The highest BCUT2D eigenvalue weighted by Gasteiger charge is 2.18. The third-order valence-electron chi connectivity index (χ3n) is 9.45. The van der Waals surface area contributed by atoms with Gasteiger partial charge in [0, 0.05) is 47.4 Å². The van der Waals surface area contributed by atoms with Gasteiger partial charge in [-0.15, -0.1) is 11.3 Å². The zero-order valence-corrected chi connectivity index (χ0v) is 25.9. The van der Waals surface area contributed by atoms with Gasteiger partial charge in [-0.1, -0.05) is 97.1 Å². The van der Waals surface area contributed by atoms with Crippen LogP contribution in [0.25, 0.3) is 91.7 Å². The van der Waals surface area contributed by atoms with Gasteiger partial charge in [0.05, 0.1) is 16.4 Å². The highest BCUT2D eigenvalue weighted by molar-refractivity contribution is 7.26. The molecule has 0 saturated carbocycles. The van der Waals surface area contributed by atoms with E-state index in [1.807, 2.05) is 42.5 Å². The van der Waals surface area contributed by atoms with E-state index in [1.165, 1.54) is 42.2 Å². The molecule has 3 aromatic heterocycles. The van der Waals surface area contributed by atoms with E-state index in [-0.39, 0.29) is 5.63 Å². The van der Waals surface area contributed by atoms with Crippen LogP contribution in [0.5, 0.6) is 0 Å². The average molecular weight is 620 g/mol. The van der Waals surface area contributed by atoms with Crippen LogP contribution in [0.1, 0.15) is 0 Å². The van der Waals surface area contributed by atoms with E-state index in [9.17, 15) is 4.79 Å². The van der Waals surface area contributed by atoms with Gasteiger partial charge in [-0.3, -0.25) is 0 Å². The zero-order valence-electron chi connectivity index (χ0n) is 25.1. The molecule has 3 heterocycles. The first-order valence-corrected chi connectivity index (χ1v) is 16.5. The Morgan fingerprint density at radius 3 is 2.00 bits per heavy atom. The summed E-state index contributed by atoms with van der Waals surface area (Å²) in [5.74, 6) is 0. The summed E-state index contributed by atoms with van der Waals surface area (Å²) in [5, 5.41) is 7.29. The van der Waals surface area contributed by atoms with Crippen LogP contribution >= 0.6 is 11.3 Å². The lowest BCUT2D eigenvalue weighted by Gasteiger charge is -2.10. The fourth-order valence-electron chi connectivity index (χ4n) is 7.39. The van der Waals surface area contributed by atoms with Gasteiger partial charge in [-0.2, -0.15) is 0 Å². The molecule has 47 heavy (non-hydrogen) atoms. The first-order valence-electron chi connectivity index (χ1n) is 15.7. The Labute approximate surface area is 273 Å². The molecule has 0 bridgehead atoms. The Hall–Kier alpha value is -5.97. The quantitative estimate of drug-likeness (QED) is 0.146. The van der Waals surface area contributed by atoms with Crippen molar-refractivity contribution in [3.05, 3.63) is 162 Å². The van der Waals surface area contributed by atoms with Crippen LogP contribution in [-0.2, 0) is 0 Å². The van der Waals surface area contributed by atoms with Crippen LogP contribution in [0.15, 0.2) is 161 Å². The number of rotatable bonds is 3. The third-order valence-corrected chi connectivity index (χ3v) is 10.6. The van der Waals surface area contributed by atoms with Gasteiger partial charge in [-0.25, -0.2) is 4.79 Å². The number of benzene rings is 7. The van der Waals surface area contributed by atoms with Crippen molar-refractivity contribution in [2.75, 3.05) is 0 Å². The molecule has 0 saturated heterocycles. The Bertz CT molecular complexity index is 2930. The van der Waals surface area contributed by atoms with Gasteiger partial charge >= 0.3 is 5.63 Å². The molecule has 0 spiro atoms. The number of fused-ring (bicyclic) bond motifs is 9. The largest absolute Gasteiger partial charge is 0.422 e. The lowest BCUT2D eigenvalue weighted by atomic mass is 9.93. The summed E-state index contributed by atoms with van der Waals surface area (Å²) in [6.07, 6.45) is 0. The van der Waals surface area contributed by atoms with Gasteiger partial charge in [0.15, 0.2) is 0 Å². The van der Waals surface area contributed by atoms with Crippen molar-refractivity contribution in [3.63, 3.8) is 0 Å². The van der Waals surface area contributed by atoms with Gasteiger partial charge in [-0.05, 0) is 76.9 Å². The molecule has 0 aliphatic rings. The van der Waals surface area contributed by atoms with Crippen molar-refractivity contribution in [2.24, 2.45) is 0 Å². The molecular weight excluding hydrogens is 595 g/mol. The predicted molar refractivity (Wildman–Crippen MR) is 198 cm³/mol. The zero-order chi connectivity index (χ0) is 31.1. The summed E-state index contributed by atoms with van der Waals surface area (Å²) in [5.41, 5.74) is 8.10. The van der Waals surface area contributed by atoms with Crippen molar-refractivity contribution >= 4 is 75.1 Å². The fourth-order valence-corrected chi connectivity index (χ4v) is 8.50. The summed E-state index contributed by atoms with van der Waals surface area (Å²) >= 11 is 1.79. The Morgan fingerprint density at radius 1 is 0.468 bits per heavy atom. The van der Waals surface area contributed by atoms with E-state index in [0.717, 1.165) is 38.5 Å². The number of hydrogen-bond acceptors (Lipinski definition) is 3. The summed E-state index contributed by atoms with van der Waals surface area (Å²) in [7, 11) is 0. The Morgan fingerprint density at radius 2 is 1.13 bits per heavy atom. The second-order valence-corrected chi connectivity index (χ2v) is 13.1. The van der Waals surface area contributed by atoms with Gasteiger partial charge in [0.2, 0.25) is 0 Å². The minimum Gasteiger partial charge on any atom is -0.422 e. The molecule has 3 nitrogen and oxygen atoms in total. The van der Waals surface area contributed by atoms with E-state index in [0.29, 0.717) is 11.0 Å². The minimum absolute atomic E-state index is 0.311. The molecule has 10 aromatic rings. The molecule has 0 amide bonds. The molecule has 0 unspecified atom stereocenters. The highest BCUT2D eigenvalue weighted by atomic mass is 32.1. The summed E-state index contributed by atoms with van der Waals surface area (Å²) in [6, 6.07) is 53.1. The lowest BCUT2D eigenvalue weighted by molar-refractivity contribution is 0.570. The van der Waals surface area contributed by atoms with Gasteiger partial charge in [0.1, 0.15) is 5.58 Å². The van der Waals surface area contributed by atoms with Crippen molar-refractivity contribution < 1.29 is 4.42 Å². The third kappa shape index (κ3) is 3.89. The van der Waals surface area contributed by atoms with Crippen molar-refractivity contribution in [2.45, 2.75) is 0 Å². The topological polar surface area (TPSA) is 35.1 Å². The molecule has 0 fully saturated rings. The van der Waals surface area contributed by atoms with Crippen molar-refractivity contribution in [3.8, 4) is 27.9 Å². The normalized spacial score (nSPS) is 11.9. The van der Waals surface area contributed by atoms with Crippen LogP contribution in [0, 0.1) is 0 Å². The molecule has 0 radical (unpaired) electrons. The monoisotopic (exact) mass is 619 g/mol. The Balaban J connectivity index is 1.20. The number of thiophene rings is 1. The van der Waals surface area contributed by atoms with Gasteiger partial charge in [0.25, 0.3) is 0 Å². The molecule has 4 heteroatoms. The van der Waals surface area contributed by atoms with Crippen LogP contribution in [0.3, 0.4) is 0 Å². The first-order chi connectivity index (χ1) is 23.2.